The summed E-state index contributed by atoms with van der Waals surface area (Å²) < 4.78 is 30.5. The molecule has 0 heterocycles. The molecule has 0 saturated heterocycles. The van der Waals surface area contributed by atoms with E-state index in [1.165, 1.54) is 12.1 Å². The summed E-state index contributed by atoms with van der Waals surface area (Å²) in [5.41, 5.74) is 3.40. The van der Waals surface area contributed by atoms with Gasteiger partial charge in [0.25, 0.3) is 0 Å². The predicted molar refractivity (Wildman–Crippen MR) is 106 cm³/mol. The summed E-state index contributed by atoms with van der Waals surface area (Å²) in [6.07, 6.45) is 1.03. The SMILES string of the molecule is CS(=O)(=O)Nc1ccccc1C(=O)OCc1ccc(-c2ccccc2)cc1. The van der Waals surface area contributed by atoms with Gasteiger partial charge < -0.3 is 4.74 Å². The van der Waals surface area contributed by atoms with E-state index in [4.69, 9.17) is 4.74 Å². The molecule has 0 atom stereocenters. The molecule has 0 unspecified atom stereocenters. The number of carbonyl (C=O) groups is 1. The van der Waals surface area contributed by atoms with Gasteiger partial charge in [-0.2, -0.15) is 0 Å². The van der Waals surface area contributed by atoms with Gasteiger partial charge in [0, 0.05) is 0 Å². The minimum absolute atomic E-state index is 0.0983. The number of sulfonamides is 1. The Bertz CT molecular complexity index is 1030. The number of hydrogen-bond acceptors (Lipinski definition) is 4. The second-order valence-corrected chi connectivity index (χ2v) is 7.81. The average Bonchev–Trinajstić information content (AvgIpc) is 2.66. The van der Waals surface area contributed by atoms with Crippen LogP contribution in [0.5, 0.6) is 0 Å². The number of benzene rings is 3. The number of nitrogens with one attached hydrogen (secondary N) is 1. The van der Waals surface area contributed by atoms with Gasteiger partial charge in [-0.1, -0.05) is 66.7 Å². The Labute approximate surface area is 158 Å². The van der Waals surface area contributed by atoms with Gasteiger partial charge in [-0.3, -0.25) is 4.72 Å². The van der Waals surface area contributed by atoms with Crippen molar-refractivity contribution in [3.05, 3.63) is 90.0 Å². The zero-order valence-corrected chi connectivity index (χ0v) is 15.6. The summed E-state index contributed by atoms with van der Waals surface area (Å²) in [5, 5.41) is 0. The number of rotatable bonds is 6. The van der Waals surface area contributed by atoms with Gasteiger partial charge in [0.05, 0.1) is 17.5 Å². The highest BCUT2D eigenvalue weighted by molar-refractivity contribution is 7.92. The van der Waals surface area contributed by atoms with E-state index in [1.807, 2.05) is 54.6 Å². The maximum atomic E-state index is 12.4. The first kappa shape index (κ1) is 18.7. The van der Waals surface area contributed by atoms with E-state index in [0.29, 0.717) is 0 Å². The second-order valence-electron chi connectivity index (χ2n) is 6.06. The van der Waals surface area contributed by atoms with Gasteiger partial charge in [0.1, 0.15) is 6.61 Å². The summed E-state index contributed by atoms with van der Waals surface area (Å²) in [6.45, 7) is 0.0983. The highest BCUT2D eigenvalue weighted by atomic mass is 32.2. The monoisotopic (exact) mass is 381 g/mol. The van der Waals surface area contributed by atoms with Crippen LogP contribution in [-0.2, 0) is 21.4 Å². The first-order valence-corrected chi connectivity index (χ1v) is 10.2. The fourth-order valence-corrected chi connectivity index (χ4v) is 3.18. The lowest BCUT2D eigenvalue weighted by Gasteiger charge is -2.11. The molecule has 3 rings (SSSR count). The van der Waals surface area contributed by atoms with Crippen LogP contribution in [0.4, 0.5) is 5.69 Å². The molecular weight excluding hydrogens is 362 g/mol. The Hall–Kier alpha value is -3.12. The molecule has 5 nitrogen and oxygen atoms in total. The summed E-state index contributed by atoms with van der Waals surface area (Å²) in [7, 11) is -3.49. The third-order valence-electron chi connectivity index (χ3n) is 3.87. The van der Waals surface area contributed by atoms with Crippen LogP contribution in [0.25, 0.3) is 11.1 Å². The van der Waals surface area contributed by atoms with E-state index in [-0.39, 0.29) is 17.9 Å². The Morgan fingerprint density at radius 2 is 1.44 bits per heavy atom. The van der Waals surface area contributed by atoms with Crippen molar-refractivity contribution in [1.82, 2.24) is 0 Å². The number of para-hydroxylation sites is 1. The van der Waals surface area contributed by atoms with Crippen molar-refractivity contribution in [3.63, 3.8) is 0 Å². The van der Waals surface area contributed by atoms with Gasteiger partial charge in [0.15, 0.2) is 0 Å². The number of anilines is 1. The molecule has 1 N–H and O–H groups in total. The van der Waals surface area contributed by atoms with Crippen molar-refractivity contribution in [2.24, 2.45) is 0 Å². The lowest BCUT2D eigenvalue weighted by molar-refractivity contribution is 0.0474. The smallest absolute Gasteiger partial charge is 0.340 e. The predicted octanol–water partition coefficient (Wildman–Crippen LogP) is 4.08. The number of hydrogen-bond donors (Lipinski definition) is 1. The molecule has 0 saturated carbocycles. The van der Waals surface area contributed by atoms with Crippen molar-refractivity contribution in [2.75, 3.05) is 11.0 Å². The quantitative estimate of drug-likeness (QED) is 0.653. The zero-order valence-electron chi connectivity index (χ0n) is 14.8. The fourth-order valence-electron chi connectivity index (χ4n) is 2.60. The summed E-state index contributed by atoms with van der Waals surface area (Å²) in [5.74, 6) is -0.589. The first-order valence-electron chi connectivity index (χ1n) is 8.31. The van der Waals surface area contributed by atoms with Gasteiger partial charge in [0.2, 0.25) is 10.0 Å². The van der Waals surface area contributed by atoms with Gasteiger partial charge in [-0.05, 0) is 28.8 Å². The first-order chi connectivity index (χ1) is 12.9. The van der Waals surface area contributed by atoms with Crippen LogP contribution in [0.3, 0.4) is 0 Å². The van der Waals surface area contributed by atoms with Crippen LogP contribution in [-0.4, -0.2) is 20.6 Å². The minimum Gasteiger partial charge on any atom is -0.457 e. The molecule has 27 heavy (non-hydrogen) atoms. The summed E-state index contributed by atoms with van der Waals surface area (Å²) in [6, 6.07) is 24.1. The molecule has 0 aliphatic heterocycles. The van der Waals surface area contributed by atoms with Gasteiger partial charge in [-0.25, -0.2) is 13.2 Å². The van der Waals surface area contributed by atoms with Gasteiger partial charge >= 0.3 is 5.97 Å². The third kappa shape index (κ3) is 5.18. The highest BCUT2D eigenvalue weighted by Gasteiger charge is 2.15. The Morgan fingerprint density at radius 3 is 2.11 bits per heavy atom. The van der Waals surface area contributed by atoms with Crippen LogP contribution < -0.4 is 4.72 Å². The highest BCUT2D eigenvalue weighted by Crippen LogP contribution is 2.21. The summed E-state index contributed by atoms with van der Waals surface area (Å²) >= 11 is 0. The molecule has 6 heteroatoms. The third-order valence-corrected chi connectivity index (χ3v) is 4.46. The van der Waals surface area contributed by atoms with Crippen LogP contribution in [0.15, 0.2) is 78.9 Å². The molecular formula is C21H19NO4S. The average molecular weight is 381 g/mol. The summed E-state index contributed by atoms with van der Waals surface area (Å²) in [4.78, 5) is 12.4. The lowest BCUT2D eigenvalue weighted by Crippen LogP contribution is -2.14. The molecule has 0 spiro atoms. The van der Waals surface area contributed by atoms with Gasteiger partial charge in [-0.15, -0.1) is 0 Å². The van der Waals surface area contributed by atoms with Crippen molar-refractivity contribution >= 4 is 21.7 Å². The number of carbonyl (C=O) groups excluding carboxylic acids is 1. The Kier molecular flexibility index (Phi) is 5.57. The van der Waals surface area contributed by atoms with Crippen LogP contribution >= 0.6 is 0 Å². The molecule has 0 aliphatic carbocycles. The Morgan fingerprint density at radius 1 is 0.852 bits per heavy atom. The lowest BCUT2D eigenvalue weighted by atomic mass is 10.0. The van der Waals surface area contributed by atoms with Crippen LogP contribution in [0.1, 0.15) is 15.9 Å². The van der Waals surface area contributed by atoms with E-state index < -0.39 is 16.0 Å². The van der Waals surface area contributed by atoms with E-state index >= 15 is 0 Å². The van der Waals surface area contributed by atoms with Crippen molar-refractivity contribution in [1.29, 1.82) is 0 Å². The molecule has 0 aliphatic rings. The topological polar surface area (TPSA) is 72.5 Å². The number of esters is 1. The molecule has 3 aromatic carbocycles. The molecule has 0 radical (unpaired) electrons. The Balaban J connectivity index is 1.68. The maximum Gasteiger partial charge on any atom is 0.340 e. The van der Waals surface area contributed by atoms with E-state index in [9.17, 15) is 13.2 Å². The largest absolute Gasteiger partial charge is 0.457 e. The maximum absolute atomic E-state index is 12.4. The molecule has 3 aromatic rings. The van der Waals surface area contributed by atoms with Crippen molar-refractivity contribution < 1.29 is 17.9 Å². The van der Waals surface area contributed by atoms with Crippen molar-refractivity contribution in [2.45, 2.75) is 6.61 Å². The van der Waals surface area contributed by atoms with Crippen LogP contribution in [0, 0.1) is 0 Å². The van der Waals surface area contributed by atoms with E-state index in [2.05, 4.69) is 4.72 Å². The fraction of sp³-hybridized carbons (Fsp3) is 0.0952. The molecule has 0 bridgehead atoms. The van der Waals surface area contributed by atoms with E-state index in [1.54, 1.807) is 12.1 Å². The molecule has 0 aromatic heterocycles. The standard InChI is InChI=1S/C21H19NO4S/c1-27(24,25)22-20-10-6-5-9-19(20)21(23)26-15-16-11-13-18(14-12-16)17-7-3-2-4-8-17/h2-14,22H,15H2,1H3. The normalized spacial score (nSPS) is 11.0. The minimum atomic E-state index is -3.49. The van der Waals surface area contributed by atoms with Crippen LogP contribution in [0.2, 0.25) is 0 Å². The second kappa shape index (κ2) is 8.05. The number of ether oxygens (including phenoxy) is 1. The molecule has 0 amide bonds. The molecule has 138 valence electrons. The molecule has 0 fully saturated rings. The van der Waals surface area contributed by atoms with E-state index in [0.717, 1.165) is 22.9 Å². The van der Waals surface area contributed by atoms with Crippen molar-refractivity contribution in [3.8, 4) is 11.1 Å². The zero-order chi connectivity index (χ0) is 19.3.